The van der Waals surface area contributed by atoms with E-state index < -0.39 is 0 Å². The van der Waals surface area contributed by atoms with E-state index in [1.165, 1.54) is 39.2 Å². The number of fused-ring (bicyclic) bond motifs is 5. The lowest BCUT2D eigenvalue weighted by Gasteiger charge is -2.31. The minimum absolute atomic E-state index is 0.405. The predicted molar refractivity (Wildman–Crippen MR) is 108 cm³/mol. The number of rotatable bonds is 1. The van der Waals surface area contributed by atoms with Gasteiger partial charge < -0.3 is 4.90 Å². The van der Waals surface area contributed by atoms with Crippen molar-refractivity contribution in [2.45, 2.75) is 18.9 Å². The molecule has 0 N–H and O–H groups in total. The van der Waals surface area contributed by atoms with E-state index >= 15 is 0 Å². The molecule has 1 nitrogen and oxygen atoms in total. The number of hydrogen-bond donors (Lipinski definition) is 0. The molecule has 0 aromatic heterocycles. The molecular formula is C25H19N. The first kappa shape index (κ1) is 14.1. The number of para-hydroxylation sites is 2. The van der Waals surface area contributed by atoms with Gasteiger partial charge in [0.05, 0.1) is 6.04 Å². The molecule has 26 heavy (non-hydrogen) atoms. The highest BCUT2D eigenvalue weighted by atomic mass is 15.2. The van der Waals surface area contributed by atoms with Gasteiger partial charge in [-0.05, 0) is 59.4 Å². The number of hydrogen-bond acceptors (Lipinski definition) is 1. The number of nitrogens with zero attached hydrogens (tertiary/aromatic N) is 1. The molecule has 124 valence electrons. The fraction of sp³-hybridized carbons (Fsp3) is 0.120. The standard InChI is InChI=1S/C25H19N/c1-2-9-19(10-3-1)26-24-13-7-6-12-21(24)23-16-22-18(15-25(23)26)14-17-8-4-5-11-20(17)22/h1-13,16,25H,14-15H2. The van der Waals surface area contributed by atoms with E-state index in [0.717, 1.165) is 12.8 Å². The molecule has 0 bridgehead atoms. The maximum atomic E-state index is 2.54. The second-order valence-corrected chi connectivity index (χ2v) is 7.39. The summed E-state index contributed by atoms with van der Waals surface area (Å²) in [5.74, 6) is 0. The molecule has 0 fully saturated rings. The van der Waals surface area contributed by atoms with Gasteiger partial charge in [0.1, 0.15) is 0 Å². The quantitative estimate of drug-likeness (QED) is 0.527. The van der Waals surface area contributed by atoms with Crippen LogP contribution in [0.25, 0.3) is 11.1 Å². The lowest BCUT2D eigenvalue weighted by Crippen LogP contribution is -2.28. The average Bonchev–Trinajstić information content (AvgIpc) is 3.22. The fourth-order valence-electron chi connectivity index (χ4n) is 4.90. The van der Waals surface area contributed by atoms with Gasteiger partial charge in [-0.3, -0.25) is 0 Å². The van der Waals surface area contributed by atoms with E-state index in [4.69, 9.17) is 0 Å². The molecule has 3 aromatic rings. The molecule has 1 unspecified atom stereocenters. The molecule has 1 heterocycles. The molecule has 3 aromatic carbocycles. The van der Waals surface area contributed by atoms with Crippen LogP contribution in [0, 0.1) is 0 Å². The Balaban J connectivity index is 1.54. The molecule has 6 rings (SSSR count). The van der Waals surface area contributed by atoms with E-state index in [9.17, 15) is 0 Å². The summed E-state index contributed by atoms with van der Waals surface area (Å²) in [5.41, 5.74) is 11.5. The van der Waals surface area contributed by atoms with Gasteiger partial charge >= 0.3 is 0 Å². The van der Waals surface area contributed by atoms with Crippen LogP contribution in [0.5, 0.6) is 0 Å². The van der Waals surface area contributed by atoms with Crippen LogP contribution in [-0.2, 0) is 6.42 Å². The molecule has 2 aliphatic carbocycles. The van der Waals surface area contributed by atoms with Gasteiger partial charge in [0.2, 0.25) is 0 Å². The minimum atomic E-state index is 0.405. The van der Waals surface area contributed by atoms with E-state index in [-0.39, 0.29) is 0 Å². The highest BCUT2D eigenvalue weighted by molar-refractivity contribution is 6.00. The van der Waals surface area contributed by atoms with Gasteiger partial charge in [-0.2, -0.15) is 0 Å². The maximum Gasteiger partial charge on any atom is 0.0636 e. The maximum absolute atomic E-state index is 2.54. The Bertz CT molecular complexity index is 1090. The van der Waals surface area contributed by atoms with Crippen molar-refractivity contribution in [1.82, 2.24) is 0 Å². The van der Waals surface area contributed by atoms with Gasteiger partial charge in [0.25, 0.3) is 0 Å². The van der Waals surface area contributed by atoms with Crippen LogP contribution in [0.3, 0.4) is 0 Å². The highest BCUT2D eigenvalue weighted by Gasteiger charge is 2.39. The third-order valence-corrected chi connectivity index (χ3v) is 6.01. The van der Waals surface area contributed by atoms with E-state index in [2.05, 4.69) is 89.8 Å². The SMILES string of the molecule is C1=C2c3ccccc3N(c3ccccc3)C2CC2=C1c1ccccc1C2. The Hall–Kier alpha value is -3.06. The first-order valence-corrected chi connectivity index (χ1v) is 9.36. The Morgan fingerprint density at radius 2 is 1.46 bits per heavy atom. The second kappa shape index (κ2) is 5.22. The summed E-state index contributed by atoms with van der Waals surface area (Å²) in [6.45, 7) is 0. The van der Waals surface area contributed by atoms with Crippen molar-refractivity contribution in [3.05, 3.63) is 107 Å². The van der Waals surface area contributed by atoms with Crippen molar-refractivity contribution in [3.63, 3.8) is 0 Å². The Morgan fingerprint density at radius 1 is 0.731 bits per heavy atom. The molecule has 0 saturated heterocycles. The first-order valence-electron chi connectivity index (χ1n) is 9.36. The molecule has 1 atom stereocenters. The number of benzene rings is 3. The van der Waals surface area contributed by atoms with Gasteiger partial charge in [0.15, 0.2) is 0 Å². The summed E-state index contributed by atoms with van der Waals surface area (Å²) in [4.78, 5) is 2.54. The zero-order valence-electron chi connectivity index (χ0n) is 14.5. The van der Waals surface area contributed by atoms with Gasteiger partial charge in [0, 0.05) is 16.9 Å². The van der Waals surface area contributed by atoms with Crippen LogP contribution in [0.2, 0.25) is 0 Å². The summed E-state index contributed by atoms with van der Waals surface area (Å²) in [7, 11) is 0. The van der Waals surface area contributed by atoms with Crippen molar-refractivity contribution in [2.75, 3.05) is 4.90 Å². The summed E-state index contributed by atoms with van der Waals surface area (Å²) < 4.78 is 0. The summed E-state index contributed by atoms with van der Waals surface area (Å²) in [5, 5.41) is 0. The molecule has 1 aliphatic heterocycles. The van der Waals surface area contributed by atoms with Gasteiger partial charge in [-0.25, -0.2) is 0 Å². The topological polar surface area (TPSA) is 3.24 Å². The molecule has 0 spiro atoms. The zero-order chi connectivity index (χ0) is 17.1. The van der Waals surface area contributed by atoms with Crippen molar-refractivity contribution in [2.24, 2.45) is 0 Å². The predicted octanol–water partition coefficient (Wildman–Crippen LogP) is 6.00. The number of anilines is 2. The van der Waals surface area contributed by atoms with Crippen LogP contribution >= 0.6 is 0 Å². The monoisotopic (exact) mass is 333 g/mol. The van der Waals surface area contributed by atoms with Crippen molar-refractivity contribution < 1.29 is 0 Å². The largest absolute Gasteiger partial charge is 0.333 e. The van der Waals surface area contributed by atoms with Crippen LogP contribution in [0.15, 0.2) is 90.5 Å². The van der Waals surface area contributed by atoms with Gasteiger partial charge in [-0.1, -0.05) is 66.2 Å². The molecular weight excluding hydrogens is 314 g/mol. The fourth-order valence-corrected chi connectivity index (χ4v) is 4.90. The molecule has 0 saturated carbocycles. The molecule has 0 radical (unpaired) electrons. The lowest BCUT2D eigenvalue weighted by molar-refractivity contribution is 0.788. The number of allylic oxidation sites excluding steroid dienone is 2. The van der Waals surface area contributed by atoms with Crippen molar-refractivity contribution >= 4 is 22.5 Å². The summed E-state index contributed by atoms with van der Waals surface area (Å²) >= 11 is 0. The summed E-state index contributed by atoms with van der Waals surface area (Å²) in [6, 6.07) is 29.0. The van der Waals surface area contributed by atoms with E-state index in [1.54, 1.807) is 5.57 Å². The van der Waals surface area contributed by atoms with Gasteiger partial charge in [-0.15, -0.1) is 0 Å². The first-order chi connectivity index (χ1) is 12.9. The van der Waals surface area contributed by atoms with Crippen LogP contribution in [0.4, 0.5) is 11.4 Å². The normalized spacial score (nSPS) is 19.6. The van der Waals surface area contributed by atoms with Crippen molar-refractivity contribution in [3.8, 4) is 0 Å². The van der Waals surface area contributed by atoms with Crippen LogP contribution < -0.4 is 4.90 Å². The Morgan fingerprint density at radius 3 is 2.35 bits per heavy atom. The Labute approximate surface area is 153 Å². The van der Waals surface area contributed by atoms with E-state index in [0.29, 0.717) is 6.04 Å². The average molecular weight is 333 g/mol. The molecule has 3 aliphatic rings. The smallest absolute Gasteiger partial charge is 0.0636 e. The third kappa shape index (κ3) is 1.86. The lowest BCUT2D eigenvalue weighted by atomic mass is 9.87. The summed E-state index contributed by atoms with van der Waals surface area (Å²) in [6.07, 6.45) is 4.68. The van der Waals surface area contributed by atoms with Crippen molar-refractivity contribution in [1.29, 1.82) is 0 Å². The van der Waals surface area contributed by atoms with E-state index in [1.807, 2.05) is 0 Å². The molecule has 1 heteroatoms. The van der Waals surface area contributed by atoms with Crippen LogP contribution in [-0.4, -0.2) is 6.04 Å². The second-order valence-electron chi connectivity index (χ2n) is 7.39. The third-order valence-electron chi connectivity index (χ3n) is 6.01. The minimum Gasteiger partial charge on any atom is -0.333 e. The van der Waals surface area contributed by atoms with Crippen LogP contribution in [0.1, 0.15) is 23.1 Å². The Kier molecular flexibility index (Phi) is 2.84. The zero-order valence-corrected chi connectivity index (χ0v) is 14.5. The highest BCUT2D eigenvalue weighted by Crippen LogP contribution is 2.52. The molecule has 0 amide bonds.